The third-order valence-electron chi connectivity index (χ3n) is 3.19. The number of halogens is 1. The first kappa shape index (κ1) is 13.8. The molecule has 1 saturated heterocycles. The number of ether oxygens (including phenoxy) is 1. The smallest absolute Gasteiger partial charge is 0.159 e. The van der Waals surface area contributed by atoms with Crippen molar-refractivity contribution in [3.63, 3.8) is 0 Å². The first-order chi connectivity index (χ1) is 10.3. The van der Waals surface area contributed by atoms with Crippen LogP contribution in [0.4, 0.5) is 23.0 Å². The summed E-state index contributed by atoms with van der Waals surface area (Å²) in [7, 11) is 0. The Morgan fingerprint density at radius 1 is 1.24 bits per heavy atom. The zero-order chi connectivity index (χ0) is 14.7. The van der Waals surface area contributed by atoms with E-state index in [-0.39, 0.29) is 0 Å². The average molecular weight is 307 g/mol. The minimum atomic E-state index is 0.364. The number of nitrogen functional groups attached to an aromatic ring is 1. The number of morpholine rings is 1. The Kier molecular flexibility index (Phi) is 4.03. The lowest BCUT2D eigenvalue weighted by molar-refractivity contribution is 0.122. The normalized spacial score (nSPS) is 15.0. The van der Waals surface area contributed by atoms with Crippen molar-refractivity contribution in [3.8, 4) is 0 Å². The minimum absolute atomic E-state index is 0.364. The molecule has 0 aromatic carbocycles. The van der Waals surface area contributed by atoms with E-state index in [0.717, 1.165) is 13.1 Å². The molecule has 3 heterocycles. The summed E-state index contributed by atoms with van der Waals surface area (Å²) in [5, 5.41) is 3.46. The van der Waals surface area contributed by atoms with Crippen molar-refractivity contribution in [2.24, 2.45) is 0 Å². The molecule has 0 aliphatic carbocycles. The van der Waals surface area contributed by atoms with Crippen molar-refractivity contribution in [1.82, 2.24) is 15.0 Å². The number of rotatable bonds is 3. The SMILES string of the molecule is Nc1c(Nc2cccnc2Cl)ncnc1N1CCOCC1. The maximum absolute atomic E-state index is 6.18. The zero-order valence-corrected chi connectivity index (χ0v) is 12.0. The summed E-state index contributed by atoms with van der Waals surface area (Å²) in [5.74, 6) is 1.22. The molecule has 2 aromatic heterocycles. The highest BCUT2D eigenvalue weighted by molar-refractivity contribution is 6.32. The Morgan fingerprint density at radius 3 is 2.81 bits per heavy atom. The second kappa shape index (κ2) is 6.11. The Bertz CT molecular complexity index is 632. The molecule has 1 aliphatic heterocycles. The number of hydrogen-bond donors (Lipinski definition) is 2. The number of anilines is 4. The molecule has 0 radical (unpaired) electrons. The van der Waals surface area contributed by atoms with E-state index in [1.165, 1.54) is 6.33 Å². The second-order valence-electron chi connectivity index (χ2n) is 4.53. The summed E-state index contributed by atoms with van der Waals surface area (Å²) in [4.78, 5) is 14.5. The molecule has 2 aromatic rings. The van der Waals surface area contributed by atoms with Crippen LogP contribution in [-0.4, -0.2) is 41.3 Å². The standard InChI is InChI=1S/C13H15ClN6O/c14-11-9(2-1-3-16-11)19-12-10(15)13(18-8-17-12)20-4-6-21-7-5-20/h1-3,8H,4-7,15H2,(H,17,18,19). The molecule has 0 bridgehead atoms. The van der Waals surface area contributed by atoms with E-state index < -0.39 is 0 Å². The largest absolute Gasteiger partial charge is 0.393 e. The van der Waals surface area contributed by atoms with Crippen LogP contribution in [0.5, 0.6) is 0 Å². The fraction of sp³-hybridized carbons (Fsp3) is 0.308. The predicted octanol–water partition coefficient (Wildman–Crippen LogP) is 1.69. The third kappa shape index (κ3) is 2.98. The molecule has 0 spiro atoms. The molecule has 1 aliphatic rings. The van der Waals surface area contributed by atoms with Gasteiger partial charge in [0.05, 0.1) is 18.9 Å². The molecular weight excluding hydrogens is 292 g/mol. The molecule has 0 unspecified atom stereocenters. The van der Waals surface area contributed by atoms with Crippen molar-refractivity contribution >= 4 is 34.6 Å². The quantitative estimate of drug-likeness (QED) is 0.834. The molecule has 21 heavy (non-hydrogen) atoms. The molecule has 110 valence electrons. The van der Waals surface area contributed by atoms with E-state index in [1.807, 2.05) is 6.07 Å². The van der Waals surface area contributed by atoms with E-state index >= 15 is 0 Å². The lowest BCUT2D eigenvalue weighted by atomic mass is 10.3. The lowest BCUT2D eigenvalue weighted by Crippen LogP contribution is -2.37. The van der Waals surface area contributed by atoms with Crippen LogP contribution in [0, 0.1) is 0 Å². The molecule has 8 heteroatoms. The molecule has 7 nitrogen and oxygen atoms in total. The van der Waals surface area contributed by atoms with Gasteiger partial charge in [-0.3, -0.25) is 0 Å². The van der Waals surface area contributed by atoms with Gasteiger partial charge >= 0.3 is 0 Å². The summed E-state index contributed by atoms with van der Waals surface area (Å²) < 4.78 is 5.34. The maximum atomic E-state index is 6.18. The van der Waals surface area contributed by atoms with Gasteiger partial charge in [-0.2, -0.15) is 0 Å². The monoisotopic (exact) mass is 306 g/mol. The van der Waals surface area contributed by atoms with Gasteiger partial charge in [-0.1, -0.05) is 11.6 Å². The third-order valence-corrected chi connectivity index (χ3v) is 3.49. The predicted molar refractivity (Wildman–Crippen MR) is 82.0 cm³/mol. The first-order valence-electron chi connectivity index (χ1n) is 6.56. The van der Waals surface area contributed by atoms with Gasteiger partial charge in [0.15, 0.2) is 16.8 Å². The van der Waals surface area contributed by atoms with Crippen LogP contribution >= 0.6 is 11.6 Å². The molecule has 0 saturated carbocycles. The highest BCUT2D eigenvalue weighted by Gasteiger charge is 2.18. The molecule has 1 fully saturated rings. The maximum Gasteiger partial charge on any atom is 0.159 e. The number of aromatic nitrogens is 3. The van der Waals surface area contributed by atoms with Gasteiger partial charge in [-0.15, -0.1) is 0 Å². The summed E-state index contributed by atoms with van der Waals surface area (Å²) in [6.45, 7) is 2.85. The molecule has 0 amide bonds. The second-order valence-corrected chi connectivity index (χ2v) is 4.88. The number of hydrogen-bond acceptors (Lipinski definition) is 7. The van der Waals surface area contributed by atoms with Gasteiger partial charge in [0.1, 0.15) is 12.0 Å². The van der Waals surface area contributed by atoms with E-state index in [4.69, 9.17) is 22.1 Å². The zero-order valence-electron chi connectivity index (χ0n) is 11.3. The van der Waals surface area contributed by atoms with Crippen molar-refractivity contribution in [1.29, 1.82) is 0 Å². The van der Waals surface area contributed by atoms with Crippen molar-refractivity contribution < 1.29 is 4.74 Å². The molecule has 3 N–H and O–H groups in total. The Hall–Kier alpha value is -2.12. The van der Waals surface area contributed by atoms with Crippen LogP contribution in [0.3, 0.4) is 0 Å². The van der Waals surface area contributed by atoms with E-state index in [0.29, 0.717) is 41.4 Å². The van der Waals surface area contributed by atoms with Gasteiger partial charge in [-0.25, -0.2) is 15.0 Å². The first-order valence-corrected chi connectivity index (χ1v) is 6.94. The van der Waals surface area contributed by atoms with E-state index in [2.05, 4.69) is 25.2 Å². The Labute approximate surface area is 127 Å². The summed E-state index contributed by atoms with van der Waals surface area (Å²) in [6.07, 6.45) is 3.10. The summed E-state index contributed by atoms with van der Waals surface area (Å²) in [5.41, 5.74) is 7.31. The van der Waals surface area contributed by atoms with Gasteiger partial charge in [0.2, 0.25) is 0 Å². The van der Waals surface area contributed by atoms with Crippen LogP contribution in [0.25, 0.3) is 0 Å². The topological polar surface area (TPSA) is 89.2 Å². The minimum Gasteiger partial charge on any atom is -0.393 e. The number of nitrogens with zero attached hydrogens (tertiary/aromatic N) is 4. The van der Waals surface area contributed by atoms with Crippen LogP contribution in [0.2, 0.25) is 5.15 Å². The lowest BCUT2D eigenvalue weighted by Gasteiger charge is -2.29. The number of nitrogens with one attached hydrogen (secondary N) is 1. The fourth-order valence-corrected chi connectivity index (χ4v) is 2.29. The van der Waals surface area contributed by atoms with Crippen molar-refractivity contribution in [3.05, 3.63) is 29.8 Å². The highest BCUT2D eigenvalue weighted by atomic mass is 35.5. The average Bonchev–Trinajstić information content (AvgIpc) is 2.52. The molecule has 0 atom stereocenters. The van der Waals surface area contributed by atoms with Gasteiger partial charge in [-0.05, 0) is 12.1 Å². The van der Waals surface area contributed by atoms with Gasteiger partial charge in [0, 0.05) is 19.3 Å². The highest BCUT2D eigenvalue weighted by Crippen LogP contribution is 2.30. The van der Waals surface area contributed by atoms with Crippen LogP contribution in [0.1, 0.15) is 0 Å². The van der Waals surface area contributed by atoms with Crippen LogP contribution in [0.15, 0.2) is 24.7 Å². The van der Waals surface area contributed by atoms with Crippen molar-refractivity contribution in [2.75, 3.05) is 42.3 Å². The van der Waals surface area contributed by atoms with Crippen molar-refractivity contribution in [2.45, 2.75) is 0 Å². The van der Waals surface area contributed by atoms with Crippen LogP contribution in [-0.2, 0) is 4.74 Å². The molecular formula is C13H15ClN6O. The van der Waals surface area contributed by atoms with Gasteiger partial charge < -0.3 is 20.7 Å². The fourth-order valence-electron chi connectivity index (χ4n) is 2.12. The number of nitrogens with two attached hydrogens (primary N) is 1. The molecule has 3 rings (SSSR count). The number of pyridine rings is 1. The Morgan fingerprint density at radius 2 is 2.05 bits per heavy atom. The van der Waals surface area contributed by atoms with Crippen LogP contribution < -0.4 is 16.0 Å². The Balaban J connectivity index is 1.88. The van der Waals surface area contributed by atoms with E-state index in [1.54, 1.807) is 12.3 Å². The van der Waals surface area contributed by atoms with Gasteiger partial charge in [0.25, 0.3) is 0 Å². The summed E-state index contributed by atoms with van der Waals surface area (Å²) >= 11 is 6.03. The summed E-state index contributed by atoms with van der Waals surface area (Å²) in [6, 6.07) is 3.60. The van der Waals surface area contributed by atoms with E-state index in [9.17, 15) is 0 Å².